The SMILES string of the molecule is COC(=O)C1=C(C(=O)OC)N(c2c(Br)cc(Cl)cc2C(F)(F)F)C(N)=C(C#N)C1c1ccccc1. The fourth-order valence-electron chi connectivity index (χ4n) is 3.75. The Balaban J connectivity index is 2.54. The Morgan fingerprint density at radius 1 is 1.14 bits per heavy atom. The number of nitrogens with zero attached hydrogens (tertiary/aromatic N) is 2. The number of nitriles is 1. The molecule has 0 saturated heterocycles. The number of hydrogen-bond acceptors (Lipinski definition) is 7. The van der Waals surface area contributed by atoms with Crippen molar-refractivity contribution in [2.24, 2.45) is 5.73 Å². The van der Waals surface area contributed by atoms with Crippen molar-refractivity contribution < 1.29 is 32.2 Å². The number of anilines is 1. The van der Waals surface area contributed by atoms with Gasteiger partial charge in [-0.3, -0.25) is 4.90 Å². The molecule has 0 amide bonds. The summed E-state index contributed by atoms with van der Waals surface area (Å²) in [6.45, 7) is 0. The molecule has 0 aliphatic carbocycles. The van der Waals surface area contributed by atoms with E-state index in [1.54, 1.807) is 30.3 Å². The van der Waals surface area contributed by atoms with Gasteiger partial charge in [-0.15, -0.1) is 0 Å². The molecule has 0 fully saturated rings. The monoisotopic (exact) mass is 569 g/mol. The Labute approximate surface area is 211 Å². The van der Waals surface area contributed by atoms with Gasteiger partial charge in [-0.25, -0.2) is 9.59 Å². The number of halogens is 5. The van der Waals surface area contributed by atoms with E-state index >= 15 is 0 Å². The zero-order chi connectivity index (χ0) is 26.1. The van der Waals surface area contributed by atoms with Crippen LogP contribution in [0.5, 0.6) is 0 Å². The van der Waals surface area contributed by atoms with Gasteiger partial charge in [-0.05, 0) is 33.6 Å². The standard InChI is InChI=1S/C23H16BrClF3N3O4/c1-34-21(32)17-16(11-6-4-3-5-7-11)13(10-29)20(30)31(19(17)22(33)35-2)18-14(23(26,27)28)8-12(25)9-15(18)24/h3-9,16H,30H2,1-2H3. The third-order valence-electron chi connectivity index (χ3n) is 5.17. The van der Waals surface area contributed by atoms with Crippen LogP contribution in [0.15, 0.2) is 69.6 Å². The molecule has 0 aromatic heterocycles. The van der Waals surface area contributed by atoms with Crippen LogP contribution in [-0.4, -0.2) is 26.2 Å². The summed E-state index contributed by atoms with van der Waals surface area (Å²) in [5.41, 5.74) is 3.35. The van der Waals surface area contributed by atoms with Crippen LogP contribution in [0.1, 0.15) is 17.0 Å². The van der Waals surface area contributed by atoms with Crippen LogP contribution in [-0.2, 0) is 25.2 Å². The van der Waals surface area contributed by atoms with E-state index in [1.807, 2.05) is 6.07 Å². The Morgan fingerprint density at radius 2 is 1.74 bits per heavy atom. The van der Waals surface area contributed by atoms with E-state index in [0.29, 0.717) is 16.5 Å². The van der Waals surface area contributed by atoms with Crippen LogP contribution in [0.25, 0.3) is 0 Å². The molecule has 1 unspecified atom stereocenters. The first kappa shape index (κ1) is 26.1. The number of ether oxygens (including phenoxy) is 2. The molecular formula is C23H16BrClF3N3O4. The lowest BCUT2D eigenvalue weighted by Crippen LogP contribution is -2.41. The number of nitrogens with two attached hydrogens (primary N) is 1. The maximum Gasteiger partial charge on any atom is 0.418 e. The van der Waals surface area contributed by atoms with Crippen LogP contribution < -0.4 is 10.6 Å². The molecule has 0 spiro atoms. The molecule has 1 heterocycles. The minimum absolute atomic E-state index is 0.207. The number of benzene rings is 2. The van der Waals surface area contributed by atoms with Crippen molar-refractivity contribution in [2.45, 2.75) is 12.1 Å². The van der Waals surface area contributed by atoms with E-state index in [2.05, 4.69) is 15.9 Å². The van der Waals surface area contributed by atoms with Crippen molar-refractivity contribution in [1.29, 1.82) is 5.26 Å². The van der Waals surface area contributed by atoms with Gasteiger partial charge in [-0.2, -0.15) is 18.4 Å². The van der Waals surface area contributed by atoms with Crippen LogP contribution in [0.3, 0.4) is 0 Å². The highest BCUT2D eigenvalue weighted by atomic mass is 79.9. The number of hydrogen-bond donors (Lipinski definition) is 1. The quantitative estimate of drug-likeness (QED) is 0.515. The molecule has 1 aliphatic rings. The lowest BCUT2D eigenvalue weighted by atomic mass is 9.80. The van der Waals surface area contributed by atoms with Gasteiger partial charge in [0.15, 0.2) is 0 Å². The second-order valence-electron chi connectivity index (χ2n) is 7.12. The number of rotatable bonds is 4. The Hall–Kier alpha value is -3.49. The number of alkyl halides is 3. The van der Waals surface area contributed by atoms with Gasteiger partial charge in [0.05, 0.1) is 48.6 Å². The summed E-state index contributed by atoms with van der Waals surface area (Å²) in [6, 6.07) is 11.7. The number of esters is 2. The lowest BCUT2D eigenvalue weighted by Gasteiger charge is -2.37. The van der Waals surface area contributed by atoms with Gasteiger partial charge < -0.3 is 15.2 Å². The average molecular weight is 571 g/mol. The molecule has 1 aliphatic heterocycles. The molecule has 1 atom stereocenters. The highest BCUT2D eigenvalue weighted by molar-refractivity contribution is 9.10. The van der Waals surface area contributed by atoms with E-state index < -0.39 is 52.4 Å². The maximum atomic E-state index is 14.1. The van der Waals surface area contributed by atoms with Gasteiger partial charge in [0.1, 0.15) is 11.5 Å². The first-order valence-corrected chi connectivity index (χ1v) is 10.9. The first-order chi connectivity index (χ1) is 16.5. The van der Waals surface area contributed by atoms with Gasteiger partial charge in [0.2, 0.25) is 0 Å². The molecule has 0 radical (unpaired) electrons. The third-order valence-corrected chi connectivity index (χ3v) is 5.99. The smallest absolute Gasteiger partial charge is 0.418 e. The van der Waals surface area contributed by atoms with Gasteiger partial charge >= 0.3 is 18.1 Å². The largest absolute Gasteiger partial charge is 0.466 e. The maximum absolute atomic E-state index is 14.1. The lowest BCUT2D eigenvalue weighted by molar-refractivity contribution is -0.139. The normalized spacial score (nSPS) is 16.2. The van der Waals surface area contributed by atoms with Crippen LogP contribution in [0, 0.1) is 11.3 Å². The summed E-state index contributed by atoms with van der Waals surface area (Å²) in [7, 11) is 2.02. The van der Waals surface area contributed by atoms with Crippen molar-refractivity contribution in [1.82, 2.24) is 0 Å². The Bertz CT molecular complexity index is 1300. The molecule has 182 valence electrons. The van der Waals surface area contributed by atoms with Crippen molar-refractivity contribution in [3.05, 3.63) is 85.8 Å². The van der Waals surface area contributed by atoms with Crippen LogP contribution in [0.4, 0.5) is 18.9 Å². The second kappa shape index (κ2) is 10.0. The summed E-state index contributed by atoms with van der Waals surface area (Å²) in [5.74, 6) is -3.98. The summed E-state index contributed by atoms with van der Waals surface area (Å²) >= 11 is 8.92. The highest BCUT2D eigenvalue weighted by Gasteiger charge is 2.46. The molecule has 12 heteroatoms. The number of methoxy groups -OCH3 is 2. The molecule has 2 aromatic rings. The highest BCUT2D eigenvalue weighted by Crippen LogP contribution is 2.49. The fourth-order valence-corrected chi connectivity index (χ4v) is 4.74. The minimum atomic E-state index is -4.96. The summed E-state index contributed by atoms with van der Waals surface area (Å²) in [5, 5.41) is 9.74. The average Bonchev–Trinajstić information content (AvgIpc) is 2.82. The minimum Gasteiger partial charge on any atom is -0.466 e. The van der Waals surface area contributed by atoms with Crippen molar-refractivity contribution in [3.8, 4) is 6.07 Å². The Morgan fingerprint density at radius 3 is 2.26 bits per heavy atom. The molecule has 3 rings (SSSR count). The van der Waals surface area contributed by atoms with Gasteiger partial charge in [0.25, 0.3) is 0 Å². The van der Waals surface area contributed by atoms with E-state index in [-0.39, 0.29) is 15.1 Å². The number of carbonyl (C=O) groups is 2. The molecule has 2 aromatic carbocycles. The molecule has 0 bridgehead atoms. The topological polar surface area (TPSA) is 106 Å². The van der Waals surface area contributed by atoms with Crippen molar-refractivity contribution >= 4 is 45.2 Å². The van der Waals surface area contributed by atoms with Crippen molar-refractivity contribution in [2.75, 3.05) is 19.1 Å². The van der Waals surface area contributed by atoms with E-state index in [9.17, 15) is 28.0 Å². The zero-order valence-corrected chi connectivity index (χ0v) is 20.5. The van der Waals surface area contributed by atoms with Gasteiger partial charge in [0, 0.05) is 9.50 Å². The van der Waals surface area contributed by atoms with E-state index in [1.165, 1.54) is 0 Å². The summed E-state index contributed by atoms with van der Waals surface area (Å²) in [4.78, 5) is 26.7. The fraction of sp³-hybridized carbons (Fsp3) is 0.174. The number of allylic oxidation sites excluding steroid dienone is 1. The predicted octanol–water partition coefficient (Wildman–Crippen LogP) is 5.02. The summed E-state index contributed by atoms with van der Waals surface area (Å²) < 4.78 is 51.8. The predicted molar refractivity (Wildman–Crippen MR) is 124 cm³/mol. The summed E-state index contributed by atoms with van der Waals surface area (Å²) in [6.07, 6.45) is -4.96. The van der Waals surface area contributed by atoms with Crippen molar-refractivity contribution in [3.63, 3.8) is 0 Å². The molecular weight excluding hydrogens is 555 g/mol. The second-order valence-corrected chi connectivity index (χ2v) is 8.41. The van der Waals surface area contributed by atoms with Crippen LogP contribution in [0.2, 0.25) is 5.02 Å². The molecule has 0 saturated carbocycles. The van der Waals surface area contributed by atoms with Gasteiger partial charge in [-0.1, -0.05) is 41.9 Å². The number of carbonyl (C=O) groups excluding carboxylic acids is 2. The zero-order valence-electron chi connectivity index (χ0n) is 18.1. The Kier molecular flexibility index (Phi) is 7.47. The third kappa shape index (κ3) is 4.72. The van der Waals surface area contributed by atoms with E-state index in [0.717, 1.165) is 20.3 Å². The van der Waals surface area contributed by atoms with E-state index in [4.69, 9.17) is 26.8 Å². The first-order valence-electron chi connectivity index (χ1n) is 9.69. The molecule has 7 nitrogen and oxygen atoms in total. The molecule has 35 heavy (non-hydrogen) atoms. The van der Waals surface area contributed by atoms with Crippen LogP contribution >= 0.6 is 27.5 Å². The molecule has 2 N–H and O–H groups in total.